The zero-order chi connectivity index (χ0) is 57.5. The molecule has 4 aromatic rings. The van der Waals surface area contributed by atoms with Crippen molar-refractivity contribution in [1.29, 1.82) is 0 Å². The number of ketones is 1. The molecular formula is C59H71N3O16. The number of carbonyl (C=O) groups is 5. The minimum atomic E-state index is -1.98. The Morgan fingerprint density at radius 1 is 0.936 bits per heavy atom. The molecule has 19 heteroatoms. The molecule has 7 rings (SSSR count). The van der Waals surface area contributed by atoms with Crippen LogP contribution in [0.2, 0.25) is 0 Å². The van der Waals surface area contributed by atoms with Gasteiger partial charge in [0.15, 0.2) is 22.4 Å². The Balaban J connectivity index is 1.32. The number of Topliss-reactive ketones (excluding diaryl/α,β-unsaturated/α-hetero) is 1. The third-order valence-electron chi connectivity index (χ3n) is 15.9. The van der Waals surface area contributed by atoms with Crippen molar-refractivity contribution >= 4 is 80.3 Å². The van der Waals surface area contributed by atoms with Gasteiger partial charge in [0.1, 0.15) is 53.3 Å². The summed E-state index contributed by atoms with van der Waals surface area (Å²) in [6.45, 7) is 22.8. The molecule has 0 spiro atoms. The van der Waals surface area contributed by atoms with Crippen molar-refractivity contribution in [3.63, 3.8) is 0 Å². The molecule has 1 fully saturated rings. The highest BCUT2D eigenvalue weighted by atomic mass is 16.7. The van der Waals surface area contributed by atoms with E-state index in [4.69, 9.17) is 28.3 Å². The maximum absolute atomic E-state index is 15.0. The summed E-state index contributed by atoms with van der Waals surface area (Å²) in [6, 6.07) is 2.98. The summed E-state index contributed by atoms with van der Waals surface area (Å²) in [6.07, 6.45) is 6.21. The predicted octanol–water partition coefficient (Wildman–Crippen LogP) is 7.07. The van der Waals surface area contributed by atoms with E-state index in [1.165, 1.54) is 46.1 Å². The molecule has 1 saturated heterocycles. The number of hydrogen-bond donors (Lipinski definition) is 5. The summed E-state index contributed by atoms with van der Waals surface area (Å²) in [5, 5.41) is 49.3. The van der Waals surface area contributed by atoms with E-state index in [0.717, 1.165) is 0 Å². The lowest BCUT2D eigenvalue weighted by molar-refractivity contribution is -0.158. The first kappa shape index (κ1) is 58.3. The van der Waals surface area contributed by atoms with Crippen molar-refractivity contribution in [1.82, 2.24) is 4.98 Å². The Bertz CT molecular complexity index is 3340. The van der Waals surface area contributed by atoms with Crippen LogP contribution in [0, 0.1) is 47.8 Å². The van der Waals surface area contributed by atoms with Crippen molar-refractivity contribution in [2.45, 2.75) is 132 Å². The van der Waals surface area contributed by atoms with Crippen LogP contribution in [-0.2, 0) is 38.2 Å². The number of aliphatic hydroxyl groups excluding tert-OH is 3. The Hall–Kier alpha value is -7.38. The van der Waals surface area contributed by atoms with Gasteiger partial charge in [-0.3, -0.25) is 24.0 Å². The molecule has 9 atom stereocenters. The number of aromatic nitrogens is 1. The summed E-state index contributed by atoms with van der Waals surface area (Å²) >= 11 is 0. The first-order valence-corrected chi connectivity index (χ1v) is 26.3. The summed E-state index contributed by atoms with van der Waals surface area (Å²) < 4.78 is 31.0. The number of rotatable bonds is 11. The van der Waals surface area contributed by atoms with Gasteiger partial charge in [0.2, 0.25) is 10.9 Å². The van der Waals surface area contributed by atoms with Crippen LogP contribution in [0.5, 0.6) is 11.5 Å². The Kier molecular flexibility index (Phi) is 17.1. The number of anilines is 2. The fourth-order valence-corrected chi connectivity index (χ4v) is 10.6. The number of aliphatic hydroxyl groups is 3. The zero-order valence-electron chi connectivity index (χ0n) is 46.0. The van der Waals surface area contributed by atoms with Gasteiger partial charge in [-0.15, -0.1) is 0 Å². The molecule has 3 aromatic carbocycles. The van der Waals surface area contributed by atoms with Crippen LogP contribution in [0.4, 0.5) is 11.4 Å². The maximum Gasteiger partial charge on any atom is 0.307 e. The Morgan fingerprint density at radius 3 is 2.24 bits per heavy atom. The number of esters is 1. The van der Waals surface area contributed by atoms with Crippen molar-refractivity contribution in [3.05, 3.63) is 91.8 Å². The van der Waals surface area contributed by atoms with E-state index in [0.29, 0.717) is 50.0 Å². The van der Waals surface area contributed by atoms with Gasteiger partial charge in [-0.25, -0.2) is 4.98 Å². The van der Waals surface area contributed by atoms with Gasteiger partial charge in [0.25, 0.3) is 5.91 Å². The Labute approximate surface area is 451 Å². The van der Waals surface area contributed by atoms with Crippen LogP contribution >= 0.6 is 0 Å². The first-order valence-electron chi connectivity index (χ1n) is 26.3. The van der Waals surface area contributed by atoms with Crippen LogP contribution < -0.4 is 31.0 Å². The second-order valence-corrected chi connectivity index (χ2v) is 22.2. The second-order valence-electron chi connectivity index (χ2n) is 22.2. The molecule has 0 unspecified atom stereocenters. The minimum Gasteiger partial charge on any atom is -0.507 e. The van der Waals surface area contributed by atoms with E-state index in [1.54, 1.807) is 58.9 Å². The molecule has 418 valence electrons. The average molecular weight is 1080 g/mol. The minimum absolute atomic E-state index is 0.0364. The number of piperidine rings is 1. The number of phenols is 1. The number of benzene rings is 3. The van der Waals surface area contributed by atoms with Gasteiger partial charge in [-0.1, -0.05) is 73.3 Å². The summed E-state index contributed by atoms with van der Waals surface area (Å²) in [5.74, 6) is -8.08. The molecule has 78 heavy (non-hydrogen) atoms. The molecule has 3 aliphatic rings. The summed E-state index contributed by atoms with van der Waals surface area (Å²) in [4.78, 5) is 97.9. The fraction of sp³-hybridized carbons (Fsp3) is 0.492. The third kappa shape index (κ3) is 11.4. The van der Waals surface area contributed by atoms with E-state index in [1.807, 2.05) is 18.7 Å². The van der Waals surface area contributed by atoms with Crippen LogP contribution in [-0.4, -0.2) is 98.9 Å². The van der Waals surface area contributed by atoms with Crippen LogP contribution in [0.25, 0.3) is 38.7 Å². The molecule has 0 aliphatic carbocycles. The van der Waals surface area contributed by atoms with Gasteiger partial charge in [0.05, 0.1) is 40.8 Å². The average Bonchev–Trinajstić information content (AvgIpc) is 3.79. The second kappa shape index (κ2) is 22.9. The van der Waals surface area contributed by atoms with E-state index in [9.17, 15) is 54.0 Å². The lowest BCUT2D eigenvalue weighted by atomic mass is 9.77. The molecule has 4 heterocycles. The molecule has 0 saturated carbocycles. The highest BCUT2D eigenvalue weighted by molar-refractivity contribution is 6.17. The third-order valence-corrected chi connectivity index (χ3v) is 15.9. The van der Waals surface area contributed by atoms with E-state index >= 15 is 0 Å². The topological polar surface area (TPSA) is 279 Å². The lowest BCUT2D eigenvalue weighted by Crippen LogP contribution is -2.45. The number of carbonyl (C=O) groups excluding carboxylic acids is 5. The molecule has 1 aromatic heterocycles. The number of phenolic OH excluding ortho intramolecular Hbond substituents is 1. The highest BCUT2D eigenvalue weighted by Crippen LogP contribution is 2.43. The number of aromatic hydroxyl groups is 1. The van der Waals surface area contributed by atoms with Crippen molar-refractivity contribution in [2.75, 3.05) is 23.3 Å². The lowest BCUT2D eigenvalue weighted by Gasteiger charge is -2.37. The number of fused-ring (bicyclic) bond motifs is 5. The van der Waals surface area contributed by atoms with Gasteiger partial charge in [-0.05, 0) is 31.8 Å². The quantitative estimate of drug-likeness (QED) is 0.0251. The van der Waals surface area contributed by atoms with Gasteiger partial charge in [-0.2, -0.15) is 0 Å². The molecule has 5 bridgehead atoms. The fourth-order valence-electron chi connectivity index (χ4n) is 10.6. The zero-order valence-corrected chi connectivity index (χ0v) is 46.0. The summed E-state index contributed by atoms with van der Waals surface area (Å²) in [7, 11) is 0. The standard InChI is InChI=1S/C59H71N3O16/c1-28-18-21-74-59(12)56(72)45-43-44(51(70)35(8)54(45)78-59)52(71)48(61-57(73)30(3)15-13-14-29(2)49(68)33(6)50(69)34(7)53(32(28)5)76-36(9)65)55-47(43)60-46-40(66)23-38(24-41(46)77-55)62-19-16-39(17-20-62)75-31(4)25-58(10,11)42(67)22-37(26-63)27-64/h13-15,18,21,23-24,26-29,32-34,37,39,49-50,53,68-70,72H,4,16-17,19-20,22,25H2,1-3,5-12H3,(H,61,73)/b14-13+,21-18+,30-15-/t28-,29-,32+,33+,34+,49-,50+,53+,59-/m0/s1. The van der Waals surface area contributed by atoms with Crippen LogP contribution in [0.15, 0.2) is 74.6 Å². The number of aldehydes is 2. The molecule has 1 amide bonds. The summed E-state index contributed by atoms with van der Waals surface area (Å²) in [5.41, 5.74) is -2.95. The van der Waals surface area contributed by atoms with Crippen molar-refractivity contribution in [3.8, 4) is 11.5 Å². The van der Waals surface area contributed by atoms with Gasteiger partial charge >= 0.3 is 11.8 Å². The van der Waals surface area contributed by atoms with Crippen molar-refractivity contribution < 1.29 is 67.8 Å². The molecule has 19 nitrogen and oxygen atoms in total. The maximum atomic E-state index is 15.0. The molecule has 3 aliphatic heterocycles. The van der Waals surface area contributed by atoms with Gasteiger partial charge in [0, 0.05) is 110 Å². The molecule has 5 N–H and O–H groups in total. The van der Waals surface area contributed by atoms with E-state index in [-0.39, 0.29) is 85.7 Å². The SMILES string of the molecule is C=C(CC(C)(C)C(=O)CC(C=O)C=O)OC1CCN(c2cc(=O)c3nc4c(oc3c2)c2c(=O)c3c(O)c(C)c5c(c34)=C(O)[C@@](C)(O/C=C/[C@H](C)[C@@H](C)[C@@H](OC(C)=O)[C@H](C)[C@H](O)[C@H](C)[C@@H](O)[C@@H](C)/C=C/C=C(/C)C(=O)N2)O5)CC1. The van der Waals surface area contributed by atoms with E-state index in [2.05, 4.69) is 11.9 Å². The van der Waals surface area contributed by atoms with Crippen LogP contribution in [0.3, 0.4) is 0 Å². The molecular weight excluding hydrogens is 1010 g/mol. The Morgan fingerprint density at radius 2 is 1.60 bits per heavy atom. The first-order chi connectivity index (χ1) is 36.6. The van der Waals surface area contributed by atoms with Gasteiger partial charge < -0.3 is 63.6 Å². The number of nitrogens with one attached hydrogen (secondary N) is 1. The smallest absolute Gasteiger partial charge is 0.307 e. The number of amides is 1. The number of allylic oxidation sites excluding steroid dienone is 4. The number of ether oxygens (including phenoxy) is 4. The predicted molar refractivity (Wildman–Crippen MR) is 292 cm³/mol. The number of hydrogen-bond acceptors (Lipinski definition) is 18. The highest BCUT2D eigenvalue weighted by Gasteiger charge is 2.44. The van der Waals surface area contributed by atoms with Crippen molar-refractivity contribution in [2.24, 2.45) is 40.9 Å². The normalized spacial score (nSPS) is 27.2. The van der Waals surface area contributed by atoms with Crippen LogP contribution in [0.1, 0.15) is 100 Å². The monoisotopic (exact) mass is 1080 g/mol. The molecule has 0 radical (unpaired) electrons. The number of nitrogens with zero attached hydrogens (tertiary/aromatic N) is 2. The largest absolute Gasteiger partial charge is 0.507 e. The van der Waals surface area contributed by atoms with E-state index < -0.39 is 99.0 Å².